The van der Waals surface area contributed by atoms with Gasteiger partial charge in [-0.25, -0.2) is 8.42 Å². The van der Waals surface area contributed by atoms with E-state index in [1.54, 1.807) is 22.3 Å². The Hall–Kier alpha value is -1.70. The molecule has 146 valence electrons. The van der Waals surface area contributed by atoms with Crippen molar-refractivity contribution in [3.63, 3.8) is 0 Å². The molecule has 0 bridgehead atoms. The average molecular weight is 407 g/mol. The number of benzene rings is 1. The number of piperazine rings is 1. The number of sulfonamides is 1. The van der Waals surface area contributed by atoms with Crippen molar-refractivity contribution in [1.82, 2.24) is 9.21 Å². The molecule has 1 aromatic carbocycles. The highest BCUT2D eigenvalue weighted by Crippen LogP contribution is 2.26. The van der Waals surface area contributed by atoms with Gasteiger partial charge in [0.25, 0.3) is 5.91 Å². The molecule has 0 saturated carbocycles. The Kier molecular flexibility index (Phi) is 5.74. The summed E-state index contributed by atoms with van der Waals surface area (Å²) in [5, 5.41) is 0. The van der Waals surface area contributed by atoms with Crippen LogP contribution in [0.4, 0.5) is 0 Å². The molecule has 0 radical (unpaired) electrons. The Balaban J connectivity index is 1.72. The lowest BCUT2D eigenvalue weighted by Crippen LogP contribution is -2.50. The van der Waals surface area contributed by atoms with Crippen molar-refractivity contribution in [2.24, 2.45) is 0 Å². The minimum absolute atomic E-state index is 0.00610. The van der Waals surface area contributed by atoms with Gasteiger partial charge >= 0.3 is 0 Å². The molecule has 1 aromatic heterocycles. The Morgan fingerprint density at radius 3 is 2.30 bits per heavy atom. The quantitative estimate of drug-likeness (QED) is 0.782. The van der Waals surface area contributed by atoms with Gasteiger partial charge in [0.05, 0.1) is 9.77 Å². The second kappa shape index (κ2) is 7.73. The second-order valence-electron chi connectivity index (χ2n) is 7.04. The van der Waals surface area contributed by atoms with Crippen LogP contribution < -0.4 is 0 Å². The lowest BCUT2D eigenvalue weighted by molar-refractivity contribution is 0.0702. The first-order chi connectivity index (χ1) is 12.7. The zero-order chi connectivity index (χ0) is 19.8. The highest BCUT2D eigenvalue weighted by molar-refractivity contribution is 7.89. The normalized spacial score (nSPS) is 15.9. The summed E-state index contributed by atoms with van der Waals surface area (Å²) in [6.07, 6.45) is 0.922. The molecule has 5 nitrogen and oxygen atoms in total. The highest BCUT2D eigenvalue weighted by atomic mass is 32.2. The van der Waals surface area contributed by atoms with Crippen molar-refractivity contribution in [3.8, 4) is 0 Å². The van der Waals surface area contributed by atoms with Gasteiger partial charge in [0.2, 0.25) is 10.0 Å². The van der Waals surface area contributed by atoms with Gasteiger partial charge in [-0.15, -0.1) is 11.3 Å². The van der Waals surface area contributed by atoms with Gasteiger partial charge in [0, 0.05) is 31.1 Å². The second-order valence-corrected chi connectivity index (χ2v) is 10.1. The standard InChI is InChI=1S/C20H26N2O3S2/c1-5-17-16(4)13-18(26-17)20(23)21-8-10-22(11-9-21)27(24,25)19-12-14(2)6-7-15(19)3/h6-7,12-13H,5,8-11H2,1-4H3. The van der Waals surface area contributed by atoms with Crippen LogP contribution in [0.1, 0.15) is 38.2 Å². The zero-order valence-corrected chi connectivity index (χ0v) is 17.9. The molecule has 2 aromatic rings. The maximum atomic E-state index is 13.0. The smallest absolute Gasteiger partial charge is 0.264 e. The number of aryl methyl sites for hydroxylation is 4. The number of hydrogen-bond acceptors (Lipinski definition) is 4. The molecule has 27 heavy (non-hydrogen) atoms. The number of carbonyl (C=O) groups excluding carboxylic acids is 1. The van der Waals surface area contributed by atoms with Gasteiger partial charge in [-0.05, 0) is 56.0 Å². The Labute approximate surface area is 165 Å². The lowest BCUT2D eigenvalue weighted by atomic mass is 10.2. The van der Waals surface area contributed by atoms with Crippen molar-refractivity contribution >= 4 is 27.3 Å². The fourth-order valence-corrected chi connectivity index (χ4v) is 6.20. The maximum Gasteiger partial charge on any atom is 0.264 e. The van der Waals surface area contributed by atoms with Crippen LogP contribution in [0.25, 0.3) is 0 Å². The minimum atomic E-state index is -3.54. The van der Waals surface area contributed by atoms with Crippen LogP contribution in [-0.4, -0.2) is 49.7 Å². The first kappa shape index (κ1) is 20.0. The molecule has 0 spiro atoms. The van der Waals surface area contributed by atoms with Crippen molar-refractivity contribution in [2.45, 2.75) is 39.0 Å². The van der Waals surface area contributed by atoms with E-state index in [-0.39, 0.29) is 5.91 Å². The SMILES string of the molecule is CCc1sc(C(=O)N2CCN(S(=O)(=O)c3cc(C)ccc3C)CC2)cc1C. The average Bonchev–Trinajstić information content (AvgIpc) is 3.04. The summed E-state index contributed by atoms with van der Waals surface area (Å²) in [5.41, 5.74) is 2.83. The van der Waals surface area contributed by atoms with Gasteiger partial charge in [-0.2, -0.15) is 4.31 Å². The topological polar surface area (TPSA) is 57.7 Å². The molecule has 1 amide bonds. The molecule has 1 aliphatic rings. The first-order valence-corrected chi connectivity index (χ1v) is 11.5. The largest absolute Gasteiger partial charge is 0.335 e. The van der Waals surface area contributed by atoms with E-state index in [1.165, 1.54) is 9.18 Å². The van der Waals surface area contributed by atoms with Crippen molar-refractivity contribution in [3.05, 3.63) is 50.7 Å². The van der Waals surface area contributed by atoms with Crippen molar-refractivity contribution in [2.75, 3.05) is 26.2 Å². The van der Waals surface area contributed by atoms with E-state index in [4.69, 9.17) is 0 Å². The summed E-state index contributed by atoms with van der Waals surface area (Å²) in [6, 6.07) is 7.43. The Morgan fingerprint density at radius 1 is 1.04 bits per heavy atom. The molecule has 0 unspecified atom stereocenters. The van der Waals surface area contributed by atoms with E-state index in [2.05, 4.69) is 6.92 Å². The number of amides is 1. The van der Waals surface area contributed by atoms with E-state index in [0.717, 1.165) is 28.0 Å². The van der Waals surface area contributed by atoms with Gasteiger partial charge < -0.3 is 4.90 Å². The monoisotopic (exact) mass is 406 g/mol. The van der Waals surface area contributed by atoms with Gasteiger partial charge in [0.15, 0.2) is 0 Å². The molecule has 1 aliphatic heterocycles. The summed E-state index contributed by atoms with van der Waals surface area (Å²) >= 11 is 1.54. The maximum absolute atomic E-state index is 13.0. The lowest BCUT2D eigenvalue weighted by Gasteiger charge is -2.34. The van der Waals surface area contributed by atoms with E-state index >= 15 is 0 Å². The van der Waals surface area contributed by atoms with Gasteiger partial charge in [-0.1, -0.05) is 19.1 Å². The van der Waals surface area contributed by atoms with Crippen LogP contribution in [-0.2, 0) is 16.4 Å². The summed E-state index contributed by atoms with van der Waals surface area (Å²) in [7, 11) is -3.54. The molecule has 0 N–H and O–H groups in total. The Bertz CT molecular complexity index is 956. The summed E-state index contributed by atoms with van der Waals surface area (Å²) in [5.74, 6) is 0.00610. The third-order valence-corrected chi connectivity index (χ3v) is 8.45. The molecule has 2 heterocycles. The van der Waals surface area contributed by atoms with Crippen LogP contribution >= 0.6 is 11.3 Å². The summed E-state index contributed by atoms with van der Waals surface area (Å²) in [4.78, 5) is 16.9. The van der Waals surface area contributed by atoms with Crippen LogP contribution in [0.3, 0.4) is 0 Å². The molecule has 1 saturated heterocycles. The van der Waals surface area contributed by atoms with E-state index in [9.17, 15) is 13.2 Å². The molecular weight excluding hydrogens is 380 g/mol. The highest BCUT2D eigenvalue weighted by Gasteiger charge is 2.31. The van der Waals surface area contributed by atoms with E-state index in [0.29, 0.717) is 31.1 Å². The fourth-order valence-electron chi connectivity index (χ4n) is 3.39. The van der Waals surface area contributed by atoms with E-state index < -0.39 is 10.0 Å². The number of carbonyl (C=O) groups is 1. The number of nitrogens with zero attached hydrogens (tertiary/aromatic N) is 2. The predicted octanol–water partition coefficient (Wildman–Crippen LogP) is 3.38. The molecule has 0 atom stereocenters. The van der Waals surface area contributed by atoms with E-state index in [1.807, 2.05) is 39.0 Å². The van der Waals surface area contributed by atoms with Crippen LogP contribution in [0.2, 0.25) is 0 Å². The third-order valence-electron chi connectivity index (χ3n) is 5.04. The Morgan fingerprint density at radius 2 is 1.70 bits per heavy atom. The molecule has 0 aliphatic carbocycles. The molecule has 1 fully saturated rings. The number of hydrogen-bond donors (Lipinski definition) is 0. The summed E-state index contributed by atoms with van der Waals surface area (Å²) in [6.45, 7) is 9.31. The van der Waals surface area contributed by atoms with Gasteiger partial charge in [0.1, 0.15) is 0 Å². The van der Waals surface area contributed by atoms with Crippen LogP contribution in [0, 0.1) is 20.8 Å². The minimum Gasteiger partial charge on any atom is -0.335 e. The van der Waals surface area contributed by atoms with Crippen LogP contribution in [0.15, 0.2) is 29.2 Å². The van der Waals surface area contributed by atoms with Crippen LogP contribution in [0.5, 0.6) is 0 Å². The molecule has 3 rings (SSSR count). The molecular formula is C20H26N2O3S2. The van der Waals surface area contributed by atoms with Gasteiger partial charge in [-0.3, -0.25) is 4.79 Å². The van der Waals surface area contributed by atoms with Crippen molar-refractivity contribution in [1.29, 1.82) is 0 Å². The van der Waals surface area contributed by atoms with Crippen molar-refractivity contribution < 1.29 is 13.2 Å². The molecule has 7 heteroatoms. The fraction of sp³-hybridized carbons (Fsp3) is 0.450. The first-order valence-electron chi connectivity index (χ1n) is 9.20. The predicted molar refractivity (Wildman–Crippen MR) is 109 cm³/mol. The number of rotatable bonds is 4. The number of thiophene rings is 1. The third kappa shape index (κ3) is 3.95. The zero-order valence-electron chi connectivity index (χ0n) is 16.3. The summed E-state index contributed by atoms with van der Waals surface area (Å²) < 4.78 is 27.5.